The van der Waals surface area contributed by atoms with Gasteiger partial charge in [0.25, 0.3) is 11.8 Å². The summed E-state index contributed by atoms with van der Waals surface area (Å²) in [7, 11) is 0. The van der Waals surface area contributed by atoms with Crippen molar-refractivity contribution in [2.75, 3.05) is 32.8 Å². The molecule has 4 heterocycles. The van der Waals surface area contributed by atoms with E-state index in [-0.39, 0.29) is 23.7 Å². The number of hydrogen-bond acceptors (Lipinski definition) is 6. The second-order valence-electron chi connectivity index (χ2n) is 7.60. The molecular formula is C22H23N5O3S. The smallest absolute Gasteiger partial charge is 0.293 e. The van der Waals surface area contributed by atoms with Gasteiger partial charge in [-0.05, 0) is 36.4 Å². The average Bonchev–Trinajstić information content (AvgIpc) is 3.60. The molecule has 0 bridgehead atoms. The number of para-hydroxylation sites is 1. The molecule has 2 aromatic heterocycles. The second-order valence-corrected chi connectivity index (χ2v) is 8.55. The maximum Gasteiger partial charge on any atom is 0.293 e. The summed E-state index contributed by atoms with van der Waals surface area (Å²) in [5.74, 6) is 0.649. The van der Waals surface area contributed by atoms with Crippen molar-refractivity contribution in [1.29, 1.82) is 0 Å². The van der Waals surface area contributed by atoms with E-state index in [9.17, 15) is 9.59 Å². The number of rotatable bonds is 4. The Kier molecular flexibility index (Phi) is 5.52. The molecule has 1 aromatic carbocycles. The van der Waals surface area contributed by atoms with Gasteiger partial charge in [-0.15, -0.1) is 16.4 Å². The van der Waals surface area contributed by atoms with E-state index in [1.807, 2.05) is 47.8 Å². The molecule has 0 N–H and O–H groups in total. The number of ether oxygens (including phenoxy) is 1. The van der Waals surface area contributed by atoms with Crippen molar-refractivity contribution in [3.63, 3.8) is 0 Å². The van der Waals surface area contributed by atoms with E-state index < -0.39 is 0 Å². The van der Waals surface area contributed by atoms with Gasteiger partial charge in [0.05, 0.1) is 10.6 Å². The molecule has 2 saturated heterocycles. The van der Waals surface area contributed by atoms with Crippen LogP contribution < -0.4 is 0 Å². The molecule has 0 saturated carbocycles. The Bertz CT molecular complexity index is 1050. The summed E-state index contributed by atoms with van der Waals surface area (Å²) in [6.45, 7) is 2.58. The molecule has 9 heteroatoms. The minimum Gasteiger partial charge on any atom is -0.368 e. The molecule has 2 aliphatic rings. The van der Waals surface area contributed by atoms with Gasteiger partial charge in [-0.2, -0.15) is 0 Å². The van der Waals surface area contributed by atoms with Gasteiger partial charge < -0.3 is 14.5 Å². The average molecular weight is 438 g/mol. The van der Waals surface area contributed by atoms with Crippen LogP contribution in [0.15, 0.2) is 47.8 Å². The molecule has 2 amide bonds. The highest BCUT2D eigenvalue weighted by Gasteiger charge is 2.32. The number of aromatic nitrogens is 3. The van der Waals surface area contributed by atoms with Crippen LogP contribution in [0.3, 0.4) is 0 Å². The number of carbonyl (C=O) groups excluding carboxylic acids is 2. The fraction of sp³-hybridized carbons (Fsp3) is 0.364. The number of nitrogens with zero attached hydrogens (tertiary/aromatic N) is 5. The molecule has 31 heavy (non-hydrogen) atoms. The zero-order valence-electron chi connectivity index (χ0n) is 17.0. The minimum absolute atomic E-state index is 0.0380. The van der Waals surface area contributed by atoms with Crippen LogP contribution in [0.4, 0.5) is 0 Å². The summed E-state index contributed by atoms with van der Waals surface area (Å²) < 4.78 is 7.23. The highest BCUT2D eigenvalue weighted by molar-refractivity contribution is 7.13. The molecule has 0 radical (unpaired) electrons. The number of benzene rings is 1. The summed E-state index contributed by atoms with van der Waals surface area (Å²) in [6, 6.07) is 13.6. The molecule has 2 aliphatic heterocycles. The first kappa shape index (κ1) is 19.9. The van der Waals surface area contributed by atoms with Crippen molar-refractivity contribution in [2.24, 2.45) is 0 Å². The maximum absolute atomic E-state index is 13.2. The van der Waals surface area contributed by atoms with Crippen LogP contribution in [-0.2, 0) is 9.53 Å². The summed E-state index contributed by atoms with van der Waals surface area (Å²) in [5.41, 5.74) is 0.851. The lowest BCUT2D eigenvalue weighted by Crippen LogP contribution is -2.53. The van der Waals surface area contributed by atoms with E-state index in [0.29, 0.717) is 38.6 Å². The predicted octanol–water partition coefficient (Wildman–Crippen LogP) is 2.46. The van der Waals surface area contributed by atoms with Crippen LogP contribution in [0.5, 0.6) is 0 Å². The molecule has 3 aromatic rings. The summed E-state index contributed by atoms with van der Waals surface area (Å²) >= 11 is 1.56. The first-order chi connectivity index (χ1) is 15.2. The van der Waals surface area contributed by atoms with Crippen LogP contribution in [0, 0.1) is 0 Å². The summed E-state index contributed by atoms with van der Waals surface area (Å²) in [5, 5.41) is 6.53. The molecular weight excluding hydrogens is 414 g/mol. The fourth-order valence-electron chi connectivity index (χ4n) is 3.96. The molecule has 0 spiro atoms. The van der Waals surface area contributed by atoms with Crippen LogP contribution in [0.2, 0.25) is 0 Å². The van der Waals surface area contributed by atoms with E-state index >= 15 is 0 Å². The lowest BCUT2D eigenvalue weighted by molar-refractivity contribution is -0.142. The Morgan fingerprint density at radius 1 is 1.00 bits per heavy atom. The number of hydrogen-bond donors (Lipinski definition) is 0. The van der Waals surface area contributed by atoms with Gasteiger partial charge in [0, 0.05) is 32.8 Å². The van der Waals surface area contributed by atoms with Gasteiger partial charge in [0.15, 0.2) is 5.82 Å². The summed E-state index contributed by atoms with van der Waals surface area (Å²) in [4.78, 5) is 34.8. The number of amides is 2. The van der Waals surface area contributed by atoms with Crippen molar-refractivity contribution in [3.8, 4) is 16.4 Å². The Hall–Kier alpha value is -3.04. The highest BCUT2D eigenvalue weighted by Crippen LogP contribution is 2.26. The van der Waals surface area contributed by atoms with Crippen LogP contribution >= 0.6 is 11.3 Å². The van der Waals surface area contributed by atoms with Crippen LogP contribution in [0.1, 0.15) is 23.5 Å². The van der Waals surface area contributed by atoms with Crippen molar-refractivity contribution >= 4 is 23.2 Å². The van der Waals surface area contributed by atoms with E-state index in [1.54, 1.807) is 25.8 Å². The molecule has 2 fully saturated rings. The normalized spacial score (nSPS) is 19.0. The van der Waals surface area contributed by atoms with Gasteiger partial charge >= 0.3 is 0 Å². The predicted molar refractivity (Wildman–Crippen MR) is 116 cm³/mol. The summed E-state index contributed by atoms with van der Waals surface area (Å²) in [6.07, 6.45) is 1.39. The first-order valence-electron chi connectivity index (χ1n) is 10.5. The lowest BCUT2D eigenvalue weighted by Gasteiger charge is -2.35. The SMILES string of the molecule is O=C(c1nc(-c2cccs2)n(-c2ccccc2)n1)N1CCN(C(=O)C2CCCO2)CC1. The minimum atomic E-state index is -0.321. The topological polar surface area (TPSA) is 80.6 Å². The zero-order valence-corrected chi connectivity index (χ0v) is 17.8. The van der Waals surface area contributed by atoms with E-state index in [2.05, 4.69) is 10.1 Å². The van der Waals surface area contributed by atoms with Gasteiger partial charge in [0.1, 0.15) is 6.10 Å². The lowest BCUT2D eigenvalue weighted by atomic mass is 10.2. The van der Waals surface area contributed by atoms with E-state index in [0.717, 1.165) is 23.4 Å². The maximum atomic E-state index is 13.2. The van der Waals surface area contributed by atoms with Gasteiger partial charge in [-0.3, -0.25) is 9.59 Å². The van der Waals surface area contributed by atoms with Crippen molar-refractivity contribution in [2.45, 2.75) is 18.9 Å². The van der Waals surface area contributed by atoms with Crippen LogP contribution in [0.25, 0.3) is 16.4 Å². The standard InChI is InChI=1S/C22H23N5O3S/c28-21(17-8-4-14-30-17)25-10-12-26(13-11-25)22(29)19-23-20(18-9-5-15-31-18)27(24-19)16-6-2-1-3-7-16/h1-3,5-7,9,15,17H,4,8,10-14H2. The molecule has 5 rings (SSSR count). The number of thiophene rings is 1. The monoisotopic (exact) mass is 437 g/mol. The zero-order chi connectivity index (χ0) is 21.2. The number of piperazine rings is 1. The third-order valence-corrected chi connectivity index (χ3v) is 6.49. The van der Waals surface area contributed by atoms with Gasteiger partial charge in [-0.25, -0.2) is 9.67 Å². The Labute approximate surface area is 184 Å². The molecule has 1 unspecified atom stereocenters. The van der Waals surface area contributed by atoms with Crippen LogP contribution in [-0.4, -0.2) is 75.3 Å². The first-order valence-corrected chi connectivity index (χ1v) is 11.3. The molecule has 0 aliphatic carbocycles. The van der Waals surface area contributed by atoms with E-state index in [4.69, 9.17) is 4.74 Å². The van der Waals surface area contributed by atoms with Crippen molar-refractivity contribution in [1.82, 2.24) is 24.6 Å². The third kappa shape index (κ3) is 3.98. The highest BCUT2D eigenvalue weighted by atomic mass is 32.1. The Balaban J connectivity index is 1.34. The van der Waals surface area contributed by atoms with Gasteiger partial charge in [0.2, 0.25) is 5.82 Å². The molecule has 160 valence electrons. The van der Waals surface area contributed by atoms with Crippen molar-refractivity contribution < 1.29 is 14.3 Å². The fourth-order valence-corrected chi connectivity index (χ4v) is 4.66. The Morgan fingerprint density at radius 3 is 2.45 bits per heavy atom. The van der Waals surface area contributed by atoms with E-state index in [1.165, 1.54) is 0 Å². The van der Waals surface area contributed by atoms with Gasteiger partial charge in [-0.1, -0.05) is 24.3 Å². The molecule has 1 atom stereocenters. The second kappa shape index (κ2) is 8.60. The molecule has 8 nitrogen and oxygen atoms in total. The number of carbonyl (C=O) groups is 2. The largest absolute Gasteiger partial charge is 0.368 e. The third-order valence-electron chi connectivity index (χ3n) is 5.62. The van der Waals surface area contributed by atoms with Crippen molar-refractivity contribution in [3.05, 3.63) is 53.7 Å². The quantitative estimate of drug-likeness (QED) is 0.626. The Morgan fingerprint density at radius 2 is 1.77 bits per heavy atom.